The summed E-state index contributed by atoms with van der Waals surface area (Å²) in [6.45, 7) is 6.17. The van der Waals surface area contributed by atoms with E-state index in [2.05, 4.69) is 36.3 Å². The molecule has 0 aromatic heterocycles. The van der Waals surface area contributed by atoms with Gasteiger partial charge in [-0.25, -0.2) is 0 Å². The summed E-state index contributed by atoms with van der Waals surface area (Å²) in [6.07, 6.45) is 4.00. The quantitative estimate of drug-likeness (QED) is 0.706. The van der Waals surface area contributed by atoms with E-state index in [0.29, 0.717) is 0 Å². The molecule has 3 heteroatoms. The van der Waals surface area contributed by atoms with Crippen molar-refractivity contribution in [1.29, 1.82) is 0 Å². The van der Waals surface area contributed by atoms with Crippen molar-refractivity contribution in [2.75, 3.05) is 53.9 Å². The van der Waals surface area contributed by atoms with Crippen LogP contribution in [-0.4, -0.2) is 63.7 Å². The topological polar surface area (TPSA) is 18.5 Å². The van der Waals surface area contributed by atoms with E-state index in [9.17, 15) is 0 Å². The number of hydrogen-bond donors (Lipinski definition) is 1. The molecule has 3 nitrogen and oxygen atoms in total. The van der Waals surface area contributed by atoms with E-state index in [-0.39, 0.29) is 0 Å². The van der Waals surface area contributed by atoms with Gasteiger partial charge in [0.1, 0.15) is 0 Å². The molecule has 0 saturated carbocycles. The van der Waals surface area contributed by atoms with Crippen molar-refractivity contribution in [3.63, 3.8) is 0 Å². The second kappa shape index (κ2) is 7.20. The Morgan fingerprint density at radius 2 is 1.73 bits per heavy atom. The van der Waals surface area contributed by atoms with Gasteiger partial charge < -0.3 is 15.1 Å². The van der Waals surface area contributed by atoms with Crippen LogP contribution in [-0.2, 0) is 0 Å². The van der Waals surface area contributed by atoms with Gasteiger partial charge in [-0.1, -0.05) is 0 Å². The molecule has 0 atom stereocenters. The van der Waals surface area contributed by atoms with Gasteiger partial charge in [-0.2, -0.15) is 0 Å². The SMILES string of the molecule is CN(C)CCCN(C)CC1CCNCC1. The molecular weight excluding hydrogens is 186 g/mol. The molecule has 0 unspecified atom stereocenters. The van der Waals surface area contributed by atoms with Gasteiger partial charge >= 0.3 is 0 Å². The van der Waals surface area contributed by atoms with Crippen molar-refractivity contribution in [3.8, 4) is 0 Å². The normalized spacial score (nSPS) is 19.0. The largest absolute Gasteiger partial charge is 0.317 e. The molecule has 90 valence electrons. The number of rotatable bonds is 6. The third-order valence-electron chi connectivity index (χ3n) is 3.17. The van der Waals surface area contributed by atoms with Gasteiger partial charge in [0.05, 0.1) is 0 Å². The van der Waals surface area contributed by atoms with Gasteiger partial charge in [0.2, 0.25) is 0 Å². The van der Waals surface area contributed by atoms with Crippen molar-refractivity contribution in [2.45, 2.75) is 19.3 Å². The summed E-state index contributed by atoms with van der Waals surface area (Å²) in [5.74, 6) is 0.926. The predicted octanol–water partition coefficient (Wildman–Crippen LogP) is 0.869. The average Bonchev–Trinajstić information content (AvgIpc) is 2.18. The maximum Gasteiger partial charge on any atom is 0.000756 e. The Labute approximate surface area is 94.8 Å². The zero-order valence-electron chi connectivity index (χ0n) is 10.6. The van der Waals surface area contributed by atoms with Crippen LogP contribution < -0.4 is 5.32 Å². The standard InChI is InChI=1S/C12H27N3/c1-14(2)9-4-10-15(3)11-12-5-7-13-8-6-12/h12-13H,4-11H2,1-3H3. The third kappa shape index (κ3) is 6.13. The van der Waals surface area contributed by atoms with Crippen molar-refractivity contribution < 1.29 is 0 Å². The minimum atomic E-state index is 0.926. The smallest absolute Gasteiger partial charge is 0.000756 e. The molecule has 0 radical (unpaired) electrons. The van der Waals surface area contributed by atoms with E-state index in [1.807, 2.05) is 0 Å². The highest BCUT2D eigenvalue weighted by atomic mass is 15.1. The Hall–Kier alpha value is -0.120. The van der Waals surface area contributed by atoms with Crippen LogP contribution in [0.2, 0.25) is 0 Å². The van der Waals surface area contributed by atoms with Crippen LogP contribution in [0.5, 0.6) is 0 Å². The molecule has 0 spiro atoms. The zero-order chi connectivity index (χ0) is 11.1. The summed E-state index contributed by atoms with van der Waals surface area (Å²) < 4.78 is 0. The van der Waals surface area contributed by atoms with E-state index >= 15 is 0 Å². The molecule has 1 saturated heterocycles. The molecule has 1 heterocycles. The zero-order valence-corrected chi connectivity index (χ0v) is 10.6. The maximum atomic E-state index is 3.42. The van der Waals surface area contributed by atoms with E-state index in [0.717, 1.165) is 5.92 Å². The number of nitrogens with one attached hydrogen (secondary N) is 1. The Balaban J connectivity index is 2.03. The molecule has 1 N–H and O–H groups in total. The summed E-state index contributed by atoms with van der Waals surface area (Å²) in [7, 11) is 6.55. The van der Waals surface area contributed by atoms with E-state index in [1.165, 1.54) is 52.0 Å². The third-order valence-corrected chi connectivity index (χ3v) is 3.17. The summed E-state index contributed by atoms with van der Waals surface area (Å²) in [4.78, 5) is 4.76. The molecule has 0 amide bonds. The lowest BCUT2D eigenvalue weighted by atomic mass is 9.98. The summed E-state index contributed by atoms with van der Waals surface area (Å²) >= 11 is 0. The summed E-state index contributed by atoms with van der Waals surface area (Å²) in [6, 6.07) is 0. The van der Waals surface area contributed by atoms with Gasteiger partial charge in [0.25, 0.3) is 0 Å². The molecule has 1 rings (SSSR count). The van der Waals surface area contributed by atoms with Gasteiger partial charge in [0.15, 0.2) is 0 Å². The predicted molar refractivity (Wildman–Crippen MR) is 66.3 cm³/mol. The van der Waals surface area contributed by atoms with Crippen LogP contribution in [0.25, 0.3) is 0 Å². The van der Waals surface area contributed by atoms with Gasteiger partial charge in [-0.3, -0.25) is 0 Å². The fourth-order valence-electron chi connectivity index (χ4n) is 2.25. The van der Waals surface area contributed by atoms with Crippen molar-refractivity contribution >= 4 is 0 Å². The summed E-state index contributed by atoms with van der Waals surface area (Å²) in [5, 5.41) is 3.42. The van der Waals surface area contributed by atoms with Crippen molar-refractivity contribution in [3.05, 3.63) is 0 Å². The monoisotopic (exact) mass is 213 g/mol. The number of nitrogens with zero attached hydrogens (tertiary/aromatic N) is 2. The highest BCUT2D eigenvalue weighted by Gasteiger charge is 2.14. The first-order valence-electron chi connectivity index (χ1n) is 6.22. The lowest BCUT2D eigenvalue weighted by molar-refractivity contribution is 0.230. The van der Waals surface area contributed by atoms with E-state index in [1.54, 1.807) is 0 Å². The molecule has 1 aliphatic rings. The Morgan fingerprint density at radius 1 is 1.07 bits per heavy atom. The molecule has 1 fully saturated rings. The highest BCUT2D eigenvalue weighted by Crippen LogP contribution is 2.12. The second-order valence-corrected chi connectivity index (χ2v) is 5.11. The summed E-state index contributed by atoms with van der Waals surface area (Å²) in [5.41, 5.74) is 0. The Kier molecular flexibility index (Phi) is 6.22. The van der Waals surface area contributed by atoms with E-state index in [4.69, 9.17) is 0 Å². The number of hydrogen-bond acceptors (Lipinski definition) is 3. The van der Waals surface area contributed by atoms with Crippen LogP contribution in [0, 0.1) is 5.92 Å². The lowest BCUT2D eigenvalue weighted by Gasteiger charge is -2.27. The first kappa shape index (κ1) is 12.9. The van der Waals surface area contributed by atoms with Gasteiger partial charge in [-0.15, -0.1) is 0 Å². The average molecular weight is 213 g/mol. The fraction of sp³-hybridized carbons (Fsp3) is 1.00. The first-order chi connectivity index (χ1) is 7.18. The first-order valence-corrected chi connectivity index (χ1v) is 6.22. The number of piperidine rings is 1. The fourth-order valence-corrected chi connectivity index (χ4v) is 2.25. The Bertz CT molecular complexity index is 153. The highest BCUT2D eigenvalue weighted by molar-refractivity contribution is 4.71. The molecule has 0 bridgehead atoms. The maximum absolute atomic E-state index is 3.42. The van der Waals surface area contributed by atoms with E-state index < -0.39 is 0 Å². The molecular formula is C12H27N3. The van der Waals surface area contributed by atoms with Crippen molar-refractivity contribution in [2.24, 2.45) is 5.92 Å². The lowest BCUT2D eigenvalue weighted by Crippen LogP contribution is -2.35. The van der Waals surface area contributed by atoms with Crippen LogP contribution in [0.15, 0.2) is 0 Å². The van der Waals surface area contributed by atoms with Gasteiger partial charge in [0, 0.05) is 6.54 Å². The van der Waals surface area contributed by atoms with Gasteiger partial charge in [-0.05, 0) is 72.5 Å². The van der Waals surface area contributed by atoms with Crippen LogP contribution in [0.4, 0.5) is 0 Å². The van der Waals surface area contributed by atoms with Crippen LogP contribution in [0.3, 0.4) is 0 Å². The Morgan fingerprint density at radius 3 is 2.33 bits per heavy atom. The molecule has 0 aromatic rings. The molecule has 15 heavy (non-hydrogen) atoms. The van der Waals surface area contributed by atoms with Crippen molar-refractivity contribution in [1.82, 2.24) is 15.1 Å². The van der Waals surface area contributed by atoms with Crippen LogP contribution in [0.1, 0.15) is 19.3 Å². The molecule has 0 aliphatic carbocycles. The minimum Gasteiger partial charge on any atom is -0.317 e. The van der Waals surface area contributed by atoms with Crippen LogP contribution >= 0.6 is 0 Å². The molecule has 0 aromatic carbocycles. The molecule has 1 aliphatic heterocycles. The minimum absolute atomic E-state index is 0.926. The second-order valence-electron chi connectivity index (χ2n) is 5.11.